The summed E-state index contributed by atoms with van der Waals surface area (Å²) in [7, 11) is 0. The van der Waals surface area contributed by atoms with E-state index in [1.807, 2.05) is 42.5 Å². The van der Waals surface area contributed by atoms with E-state index in [9.17, 15) is 4.79 Å². The average Bonchev–Trinajstić information content (AvgIpc) is 3.28. The van der Waals surface area contributed by atoms with Gasteiger partial charge in [-0.1, -0.05) is 47.5 Å². The number of aromatic nitrogens is 2. The van der Waals surface area contributed by atoms with Crippen molar-refractivity contribution < 1.29 is 9.53 Å². The Morgan fingerprint density at radius 1 is 1.10 bits per heavy atom. The molecule has 1 N–H and O–H groups in total. The van der Waals surface area contributed by atoms with Gasteiger partial charge in [-0.25, -0.2) is 4.98 Å². The summed E-state index contributed by atoms with van der Waals surface area (Å²) in [6, 6.07) is 16.6. The molecule has 0 aliphatic heterocycles. The van der Waals surface area contributed by atoms with Crippen molar-refractivity contribution >= 4 is 40.4 Å². The van der Waals surface area contributed by atoms with Crippen LogP contribution in [0.25, 0.3) is 10.6 Å². The molecule has 0 saturated carbocycles. The lowest BCUT2D eigenvalue weighted by Gasteiger charge is -2.11. The minimum Gasteiger partial charge on any atom is -0.488 e. The highest BCUT2D eigenvalue weighted by Crippen LogP contribution is 2.33. The number of hydrogen-bond acceptors (Lipinski definition) is 5. The fraction of sp³-hybridized carbons (Fsp3) is 0.0870. The predicted molar refractivity (Wildman–Crippen MR) is 124 cm³/mol. The van der Waals surface area contributed by atoms with Crippen molar-refractivity contribution in [3.05, 3.63) is 99.2 Å². The molecule has 0 unspecified atom stereocenters. The van der Waals surface area contributed by atoms with Gasteiger partial charge in [0, 0.05) is 39.9 Å². The second kappa shape index (κ2) is 9.92. The van der Waals surface area contributed by atoms with Gasteiger partial charge in [0.2, 0.25) is 0 Å². The van der Waals surface area contributed by atoms with Crippen LogP contribution in [0.1, 0.15) is 21.6 Å². The molecule has 31 heavy (non-hydrogen) atoms. The Bertz CT molecular complexity index is 1200. The first-order valence-corrected chi connectivity index (χ1v) is 11.0. The summed E-state index contributed by atoms with van der Waals surface area (Å²) in [6.45, 7) is 0.679. The van der Waals surface area contributed by atoms with E-state index in [4.69, 9.17) is 27.9 Å². The molecule has 0 bridgehead atoms. The zero-order valence-corrected chi connectivity index (χ0v) is 18.5. The zero-order chi connectivity index (χ0) is 21.6. The second-order valence-corrected chi connectivity index (χ2v) is 8.30. The number of carbonyl (C=O) groups is 1. The number of ether oxygens (including phenoxy) is 1. The lowest BCUT2D eigenvalue weighted by atomic mass is 10.2. The molecule has 8 heteroatoms. The summed E-state index contributed by atoms with van der Waals surface area (Å²) in [4.78, 5) is 21.0. The standard InChI is InChI=1S/C23H17Cl2N3O2S/c24-17-8-7-16(19(25)10-17)13-30-21-6-2-1-5-18(21)23-28-20(14-31-23)22(29)27-12-15-4-3-9-26-11-15/h1-11,14H,12-13H2,(H,27,29). The van der Waals surface area contributed by atoms with Gasteiger partial charge in [-0.15, -0.1) is 11.3 Å². The largest absolute Gasteiger partial charge is 0.488 e. The molecule has 2 aromatic carbocycles. The monoisotopic (exact) mass is 469 g/mol. The molecule has 156 valence electrons. The van der Waals surface area contributed by atoms with Gasteiger partial charge in [-0.3, -0.25) is 9.78 Å². The van der Waals surface area contributed by atoms with Crippen molar-refractivity contribution in [2.75, 3.05) is 0 Å². The fourth-order valence-electron chi connectivity index (χ4n) is 2.84. The number of nitrogens with zero attached hydrogens (tertiary/aromatic N) is 2. The molecule has 0 saturated heterocycles. The first-order valence-electron chi connectivity index (χ1n) is 9.39. The van der Waals surface area contributed by atoms with E-state index in [2.05, 4.69) is 15.3 Å². The number of carbonyl (C=O) groups excluding carboxylic acids is 1. The van der Waals surface area contributed by atoms with Crippen molar-refractivity contribution in [3.8, 4) is 16.3 Å². The lowest BCUT2D eigenvalue weighted by molar-refractivity contribution is 0.0946. The number of halogens is 2. The molecule has 4 aromatic rings. The Labute approximate surface area is 193 Å². The van der Waals surface area contributed by atoms with Crippen LogP contribution in [0.5, 0.6) is 5.75 Å². The van der Waals surface area contributed by atoms with Crippen LogP contribution in [-0.2, 0) is 13.2 Å². The summed E-state index contributed by atoms with van der Waals surface area (Å²) >= 11 is 13.6. The van der Waals surface area contributed by atoms with Gasteiger partial charge in [0.15, 0.2) is 0 Å². The topological polar surface area (TPSA) is 64.1 Å². The smallest absolute Gasteiger partial charge is 0.271 e. The van der Waals surface area contributed by atoms with E-state index >= 15 is 0 Å². The van der Waals surface area contributed by atoms with Gasteiger partial charge in [0.1, 0.15) is 23.1 Å². The predicted octanol–water partition coefficient (Wildman–Crippen LogP) is 6.02. The van der Waals surface area contributed by atoms with Crippen LogP contribution >= 0.6 is 34.5 Å². The number of pyridine rings is 1. The van der Waals surface area contributed by atoms with Crippen LogP contribution in [0.3, 0.4) is 0 Å². The van der Waals surface area contributed by atoms with Gasteiger partial charge in [-0.2, -0.15) is 0 Å². The minimum atomic E-state index is -0.238. The zero-order valence-electron chi connectivity index (χ0n) is 16.2. The summed E-state index contributed by atoms with van der Waals surface area (Å²) in [6.07, 6.45) is 3.41. The van der Waals surface area contributed by atoms with E-state index in [-0.39, 0.29) is 12.5 Å². The molecule has 2 aromatic heterocycles. The maximum atomic E-state index is 12.5. The van der Waals surface area contributed by atoms with Crippen LogP contribution in [0.15, 0.2) is 72.4 Å². The number of hydrogen-bond donors (Lipinski definition) is 1. The van der Waals surface area contributed by atoms with Crippen molar-refractivity contribution in [1.29, 1.82) is 0 Å². The van der Waals surface area contributed by atoms with Crippen LogP contribution < -0.4 is 10.1 Å². The Balaban J connectivity index is 1.46. The number of amides is 1. The van der Waals surface area contributed by atoms with Crippen molar-refractivity contribution in [1.82, 2.24) is 15.3 Å². The highest BCUT2D eigenvalue weighted by molar-refractivity contribution is 7.13. The van der Waals surface area contributed by atoms with E-state index in [1.165, 1.54) is 11.3 Å². The maximum absolute atomic E-state index is 12.5. The van der Waals surface area contributed by atoms with Crippen LogP contribution in [0.4, 0.5) is 0 Å². The molecule has 1 amide bonds. The molecule has 2 heterocycles. The molecule has 0 fully saturated rings. The van der Waals surface area contributed by atoms with Gasteiger partial charge in [0.05, 0.1) is 5.56 Å². The normalized spacial score (nSPS) is 10.6. The van der Waals surface area contributed by atoms with Crippen molar-refractivity contribution in [2.45, 2.75) is 13.2 Å². The first kappa shape index (κ1) is 21.3. The van der Waals surface area contributed by atoms with Crippen LogP contribution in [0, 0.1) is 0 Å². The molecular weight excluding hydrogens is 453 g/mol. The Morgan fingerprint density at radius 3 is 2.77 bits per heavy atom. The highest BCUT2D eigenvalue weighted by atomic mass is 35.5. The summed E-state index contributed by atoms with van der Waals surface area (Å²) in [5, 5.41) is 6.42. The number of nitrogens with one attached hydrogen (secondary N) is 1. The average molecular weight is 470 g/mol. The number of benzene rings is 2. The van der Waals surface area contributed by atoms with E-state index < -0.39 is 0 Å². The summed E-state index contributed by atoms with van der Waals surface area (Å²) in [5.41, 5.74) is 2.92. The maximum Gasteiger partial charge on any atom is 0.271 e. The van der Waals surface area contributed by atoms with E-state index in [1.54, 1.807) is 29.9 Å². The number of thiazole rings is 1. The van der Waals surface area contributed by atoms with Crippen LogP contribution in [-0.4, -0.2) is 15.9 Å². The van der Waals surface area contributed by atoms with Gasteiger partial charge in [-0.05, 0) is 35.9 Å². The third-order valence-electron chi connectivity index (χ3n) is 4.43. The molecule has 0 radical (unpaired) electrons. The molecule has 4 rings (SSSR count). The molecule has 5 nitrogen and oxygen atoms in total. The first-order chi connectivity index (χ1) is 15.1. The third kappa shape index (κ3) is 5.41. The van der Waals surface area contributed by atoms with Crippen LogP contribution in [0.2, 0.25) is 10.0 Å². The Hall–Kier alpha value is -2.93. The SMILES string of the molecule is O=C(NCc1cccnc1)c1csc(-c2ccccc2OCc2ccc(Cl)cc2Cl)n1. The number of para-hydroxylation sites is 1. The second-order valence-electron chi connectivity index (χ2n) is 6.60. The summed E-state index contributed by atoms with van der Waals surface area (Å²) < 4.78 is 6.01. The molecular formula is C23H17Cl2N3O2S. The molecule has 0 aliphatic carbocycles. The summed E-state index contributed by atoms with van der Waals surface area (Å²) in [5.74, 6) is 0.419. The fourth-order valence-corrected chi connectivity index (χ4v) is 4.13. The van der Waals surface area contributed by atoms with E-state index in [0.29, 0.717) is 33.0 Å². The number of rotatable bonds is 7. The van der Waals surface area contributed by atoms with Gasteiger partial charge < -0.3 is 10.1 Å². The van der Waals surface area contributed by atoms with E-state index in [0.717, 1.165) is 16.7 Å². The molecule has 0 aliphatic rings. The van der Waals surface area contributed by atoms with Crippen molar-refractivity contribution in [2.24, 2.45) is 0 Å². The van der Waals surface area contributed by atoms with Gasteiger partial charge in [0.25, 0.3) is 5.91 Å². The Morgan fingerprint density at radius 2 is 1.97 bits per heavy atom. The Kier molecular flexibility index (Phi) is 6.82. The van der Waals surface area contributed by atoms with Gasteiger partial charge >= 0.3 is 0 Å². The van der Waals surface area contributed by atoms with Crippen molar-refractivity contribution in [3.63, 3.8) is 0 Å². The lowest BCUT2D eigenvalue weighted by Crippen LogP contribution is -2.23. The quantitative estimate of drug-likeness (QED) is 0.359. The highest BCUT2D eigenvalue weighted by Gasteiger charge is 2.15. The molecule has 0 spiro atoms. The minimum absolute atomic E-state index is 0.238. The molecule has 0 atom stereocenters. The third-order valence-corrected chi connectivity index (χ3v) is 5.89.